The Kier molecular flexibility index (Phi) is 5.05. The smallest absolute Gasteiger partial charge is 0.407 e. The molecule has 2 heterocycles. The van der Waals surface area contributed by atoms with Crippen LogP contribution in [0.3, 0.4) is 0 Å². The van der Waals surface area contributed by atoms with E-state index in [1.165, 1.54) is 7.11 Å². The second-order valence-corrected chi connectivity index (χ2v) is 6.02. The SMILES string of the molecule is COC(=O)N[C@H](C(=O)N1[C@H](n2ccnc2)CC[C@@H]1C)C(C)C. The van der Waals surface area contributed by atoms with Crippen molar-refractivity contribution in [1.29, 1.82) is 0 Å². The van der Waals surface area contributed by atoms with Crippen LogP contribution in [0.5, 0.6) is 0 Å². The summed E-state index contributed by atoms with van der Waals surface area (Å²) in [6.45, 7) is 5.85. The molecule has 1 aliphatic rings. The van der Waals surface area contributed by atoms with Gasteiger partial charge >= 0.3 is 6.09 Å². The van der Waals surface area contributed by atoms with Crippen LogP contribution in [0, 0.1) is 5.92 Å². The van der Waals surface area contributed by atoms with E-state index in [4.69, 9.17) is 0 Å². The predicted octanol–water partition coefficient (Wildman–Crippen LogP) is 1.77. The number of carbonyl (C=O) groups is 2. The molecule has 1 aromatic rings. The fourth-order valence-corrected chi connectivity index (χ4v) is 2.92. The average Bonchev–Trinajstić information content (AvgIpc) is 3.12. The van der Waals surface area contributed by atoms with Gasteiger partial charge in [0.15, 0.2) is 0 Å². The second kappa shape index (κ2) is 6.81. The molecule has 7 heteroatoms. The van der Waals surface area contributed by atoms with Gasteiger partial charge in [-0.05, 0) is 25.7 Å². The minimum absolute atomic E-state index is 0.0252. The Labute approximate surface area is 130 Å². The van der Waals surface area contributed by atoms with E-state index in [2.05, 4.69) is 15.0 Å². The summed E-state index contributed by atoms with van der Waals surface area (Å²) in [7, 11) is 1.30. The van der Waals surface area contributed by atoms with Crippen molar-refractivity contribution in [2.75, 3.05) is 7.11 Å². The van der Waals surface area contributed by atoms with E-state index >= 15 is 0 Å². The van der Waals surface area contributed by atoms with Crippen LogP contribution in [-0.2, 0) is 9.53 Å². The number of amides is 2. The molecule has 2 rings (SSSR count). The first kappa shape index (κ1) is 16.3. The molecule has 0 aliphatic carbocycles. The molecule has 1 aromatic heterocycles. The van der Waals surface area contributed by atoms with Gasteiger partial charge in [-0.15, -0.1) is 0 Å². The van der Waals surface area contributed by atoms with Crippen LogP contribution in [0.15, 0.2) is 18.7 Å². The molecule has 0 unspecified atom stereocenters. The quantitative estimate of drug-likeness (QED) is 0.919. The second-order valence-electron chi connectivity index (χ2n) is 6.02. The van der Waals surface area contributed by atoms with Crippen molar-refractivity contribution in [3.8, 4) is 0 Å². The Morgan fingerprint density at radius 3 is 2.64 bits per heavy atom. The van der Waals surface area contributed by atoms with Gasteiger partial charge in [0.2, 0.25) is 5.91 Å². The van der Waals surface area contributed by atoms with Gasteiger partial charge in [0, 0.05) is 18.4 Å². The van der Waals surface area contributed by atoms with E-state index in [-0.39, 0.29) is 24.0 Å². The largest absolute Gasteiger partial charge is 0.453 e. The zero-order chi connectivity index (χ0) is 16.3. The molecular weight excluding hydrogens is 284 g/mol. The van der Waals surface area contributed by atoms with Gasteiger partial charge in [0.1, 0.15) is 12.2 Å². The zero-order valence-corrected chi connectivity index (χ0v) is 13.5. The number of imidazole rings is 1. The van der Waals surface area contributed by atoms with Gasteiger partial charge in [0.25, 0.3) is 0 Å². The van der Waals surface area contributed by atoms with Gasteiger partial charge in [-0.2, -0.15) is 0 Å². The molecule has 1 N–H and O–H groups in total. The highest BCUT2D eigenvalue weighted by Crippen LogP contribution is 2.33. The molecule has 0 spiro atoms. The van der Waals surface area contributed by atoms with E-state index in [0.29, 0.717) is 0 Å². The Hall–Kier alpha value is -2.05. The maximum Gasteiger partial charge on any atom is 0.407 e. The van der Waals surface area contributed by atoms with Gasteiger partial charge < -0.3 is 19.5 Å². The summed E-state index contributed by atoms with van der Waals surface area (Å²) in [5.41, 5.74) is 0. The number of nitrogens with one attached hydrogen (secondary N) is 1. The number of aromatic nitrogens is 2. The van der Waals surface area contributed by atoms with Crippen molar-refractivity contribution < 1.29 is 14.3 Å². The molecule has 1 aliphatic heterocycles. The number of methoxy groups -OCH3 is 1. The van der Waals surface area contributed by atoms with Crippen molar-refractivity contribution in [3.05, 3.63) is 18.7 Å². The topological polar surface area (TPSA) is 76.5 Å². The Morgan fingerprint density at radius 2 is 2.09 bits per heavy atom. The van der Waals surface area contributed by atoms with Crippen LogP contribution in [-0.4, -0.2) is 45.6 Å². The molecule has 3 atom stereocenters. The van der Waals surface area contributed by atoms with Gasteiger partial charge in [-0.3, -0.25) is 4.79 Å². The molecule has 7 nitrogen and oxygen atoms in total. The third kappa shape index (κ3) is 3.23. The molecule has 2 amide bonds. The number of carbonyl (C=O) groups excluding carboxylic acids is 2. The lowest BCUT2D eigenvalue weighted by atomic mass is 10.0. The third-order valence-corrected chi connectivity index (χ3v) is 4.15. The summed E-state index contributed by atoms with van der Waals surface area (Å²) in [5, 5.41) is 2.65. The van der Waals surface area contributed by atoms with E-state index in [1.807, 2.05) is 36.4 Å². The highest BCUT2D eigenvalue weighted by atomic mass is 16.5. The molecule has 0 saturated carbocycles. The van der Waals surface area contributed by atoms with Crippen LogP contribution < -0.4 is 5.32 Å². The number of ether oxygens (including phenoxy) is 1. The number of alkyl carbamates (subject to hydrolysis) is 1. The molecular formula is C15H24N4O3. The Morgan fingerprint density at radius 1 is 1.36 bits per heavy atom. The van der Waals surface area contributed by atoms with E-state index < -0.39 is 12.1 Å². The molecule has 1 fully saturated rings. The lowest BCUT2D eigenvalue weighted by molar-refractivity contribution is -0.138. The number of rotatable bonds is 4. The maximum atomic E-state index is 13.0. The van der Waals surface area contributed by atoms with Crippen LogP contribution in [0.1, 0.15) is 39.8 Å². The first-order valence-electron chi connectivity index (χ1n) is 7.59. The van der Waals surface area contributed by atoms with Gasteiger partial charge in [-0.1, -0.05) is 13.8 Å². The van der Waals surface area contributed by atoms with Crippen LogP contribution in [0.4, 0.5) is 4.79 Å². The normalized spacial score (nSPS) is 22.7. The molecule has 1 saturated heterocycles. The minimum atomic E-state index is -0.598. The van der Waals surface area contributed by atoms with Gasteiger partial charge in [-0.25, -0.2) is 9.78 Å². The maximum absolute atomic E-state index is 13.0. The number of nitrogens with zero attached hydrogens (tertiary/aromatic N) is 3. The number of hydrogen-bond donors (Lipinski definition) is 1. The average molecular weight is 308 g/mol. The minimum Gasteiger partial charge on any atom is -0.453 e. The first-order chi connectivity index (χ1) is 10.5. The Bertz CT molecular complexity index is 515. The summed E-state index contributed by atoms with van der Waals surface area (Å²) >= 11 is 0. The third-order valence-electron chi connectivity index (χ3n) is 4.15. The fraction of sp³-hybridized carbons (Fsp3) is 0.667. The van der Waals surface area contributed by atoms with E-state index in [9.17, 15) is 9.59 Å². The lowest BCUT2D eigenvalue weighted by Gasteiger charge is -2.34. The predicted molar refractivity (Wildman–Crippen MR) is 81.0 cm³/mol. The molecule has 0 aromatic carbocycles. The standard InChI is InChI=1S/C15H24N4O3/c1-10(2)13(17-15(21)22-4)14(20)19-11(3)5-6-12(19)18-8-7-16-9-18/h7-13H,5-6H2,1-4H3,(H,17,21)/t11-,12-,13-/m0/s1. The first-order valence-corrected chi connectivity index (χ1v) is 7.59. The van der Waals surface area contributed by atoms with Crippen LogP contribution in [0.25, 0.3) is 0 Å². The van der Waals surface area contributed by atoms with Gasteiger partial charge in [0.05, 0.1) is 13.4 Å². The summed E-state index contributed by atoms with van der Waals surface area (Å²) in [6.07, 6.45) is 6.47. The zero-order valence-electron chi connectivity index (χ0n) is 13.5. The van der Waals surface area contributed by atoms with Crippen molar-refractivity contribution in [2.24, 2.45) is 5.92 Å². The fourth-order valence-electron chi connectivity index (χ4n) is 2.92. The van der Waals surface area contributed by atoms with Crippen molar-refractivity contribution in [2.45, 2.75) is 51.9 Å². The molecule has 0 bridgehead atoms. The van der Waals surface area contributed by atoms with Crippen LogP contribution >= 0.6 is 0 Å². The summed E-state index contributed by atoms with van der Waals surface area (Å²) in [4.78, 5) is 30.4. The van der Waals surface area contributed by atoms with Crippen molar-refractivity contribution in [1.82, 2.24) is 19.8 Å². The van der Waals surface area contributed by atoms with Crippen LogP contribution in [0.2, 0.25) is 0 Å². The summed E-state index contributed by atoms with van der Waals surface area (Å²) in [5.74, 6) is -0.105. The highest BCUT2D eigenvalue weighted by Gasteiger charge is 2.39. The van der Waals surface area contributed by atoms with Crippen molar-refractivity contribution >= 4 is 12.0 Å². The summed E-state index contributed by atoms with van der Waals surface area (Å²) < 4.78 is 6.57. The summed E-state index contributed by atoms with van der Waals surface area (Å²) in [6, 6.07) is -0.473. The van der Waals surface area contributed by atoms with E-state index in [1.54, 1.807) is 12.5 Å². The lowest BCUT2D eigenvalue weighted by Crippen LogP contribution is -2.53. The van der Waals surface area contributed by atoms with E-state index in [0.717, 1.165) is 12.8 Å². The van der Waals surface area contributed by atoms with Crippen molar-refractivity contribution in [3.63, 3.8) is 0 Å². The number of likely N-dealkylation sites (tertiary alicyclic amines) is 1. The monoisotopic (exact) mass is 308 g/mol. The highest BCUT2D eigenvalue weighted by molar-refractivity contribution is 5.86. The molecule has 122 valence electrons. The molecule has 22 heavy (non-hydrogen) atoms. The Balaban J connectivity index is 2.21. The molecule has 0 radical (unpaired) electrons. The number of hydrogen-bond acceptors (Lipinski definition) is 4.